The van der Waals surface area contributed by atoms with Crippen molar-refractivity contribution in [1.82, 2.24) is 4.90 Å². The molecule has 0 bridgehead atoms. The van der Waals surface area contributed by atoms with Crippen molar-refractivity contribution in [1.29, 1.82) is 5.26 Å². The molecule has 1 aliphatic rings. The van der Waals surface area contributed by atoms with Crippen molar-refractivity contribution in [2.75, 3.05) is 38.2 Å². The minimum Gasteiger partial charge on any atom is -0.382 e. The molecule has 1 fully saturated rings. The molecule has 0 radical (unpaired) electrons. The van der Waals surface area contributed by atoms with Crippen LogP contribution in [0.2, 0.25) is 0 Å². The van der Waals surface area contributed by atoms with Gasteiger partial charge in [0, 0.05) is 19.6 Å². The zero-order chi connectivity index (χ0) is 17.6. The fourth-order valence-electron chi connectivity index (χ4n) is 3.03. The molecule has 2 aromatic carbocycles. The predicted octanol–water partition coefficient (Wildman–Crippen LogP) is 3.32. The molecule has 6 heteroatoms. The van der Waals surface area contributed by atoms with Crippen LogP contribution in [0.5, 0.6) is 0 Å². The Balaban J connectivity index is 1.81. The lowest BCUT2D eigenvalue weighted by Crippen LogP contribution is -2.41. The van der Waals surface area contributed by atoms with Crippen LogP contribution in [0.1, 0.15) is 17.2 Å². The maximum absolute atomic E-state index is 13.7. The van der Waals surface area contributed by atoms with Crippen LogP contribution in [0.4, 0.5) is 14.5 Å². The molecule has 0 aromatic heterocycles. The molecule has 0 spiro atoms. The molecule has 0 saturated carbocycles. The quantitative estimate of drug-likeness (QED) is 0.905. The summed E-state index contributed by atoms with van der Waals surface area (Å²) in [5.74, 6) is -0.729. The molecule has 1 N–H and O–H groups in total. The highest BCUT2D eigenvalue weighted by molar-refractivity contribution is 5.57. The summed E-state index contributed by atoms with van der Waals surface area (Å²) in [6, 6.07) is 12.5. The van der Waals surface area contributed by atoms with Gasteiger partial charge in [-0.25, -0.2) is 8.78 Å². The Morgan fingerprint density at radius 3 is 2.60 bits per heavy atom. The first-order valence-corrected chi connectivity index (χ1v) is 8.18. The van der Waals surface area contributed by atoms with E-state index in [2.05, 4.69) is 10.2 Å². The van der Waals surface area contributed by atoms with Gasteiger partial charge in [-0.3, -0.25) is 4.90 Å². The van der Waals surface area contributed by atoms with E-state index in [-0.39, 0.29) is 17.4 Å². The summed E-state index contributed by atoms with van der Waals surface area (Å²) in [6.07, 6.45) is 0. The van der Waals surface area contributed by atoms with E-state index in [1.165, 1.54) is 24.3 Å². The largest absolute Gasteiger partial charge is 0.382 e. The molecule has 1 heterocycles. The zero-order valence-corrected chi connectivity index (χ0v) is 13.7. The molecule has 1 atom stereocenters. The van der Waals surface area contributed by atoms with Gasteiger partial charge in [-0.15, -0.1) is 0 Å². The van der Waals surface area contributed by atoms with Gasteiger partial charge in [0.2, 0.25) is 0 Å². The second kappa shape index (κ2) is 8.06. The van der Waals surface area contributed by atoms with Crippen LogP contribution in [0.3, 0.4) is 0 Å². The first-order chi connectivity index (χ1) is 12.2. The third-order valence-electron chi connectivity index (χ3n) is 4.31. The molecule has 0 amide bonds. The van der Waals surface area contributed by atoms with Crippen molar-refractivity contribution in [3.8, 4) is 6.07 Å². The summed E-state index contributed by atoms with van der Waals surface area (Å²) in [6.45, 7) is 3.23. The van der Waals surface area contributed by atoms with Crippen LogP contribution >= 0.6 is 0 Å². The Morgan fingerprint density at radius 1 is 1.12 bits per heavy atom. The number of hydrogen-bond acceptors (Lipinski definition) is 4. The number of hydrogen-bond donors (Lipinski definition) is 1. The number of rotatable bonds is 5. The summed E-state index contributed by atoms with van der Waals surface area (Å²) in [7, 11) is 0. The fraction of sp³-hybridized carbons (Fsp3) is 0.316. The fourth-order valence-corrected chi connectivity index (χ4v) is 3.03. The van der Waals surface area contributed by atoms with Crippen molar-refractivity contribution in [2.45, 2.75) is 6.04 Å². The van der Waals surface area contributed by atoms with Gasteiger partial charge in [0.05, 0.1) is 30.5 Å². The SMILES string of the molecule is N#Cc1cc(F)ccc1NCC(c1cccc(F)c1)N1CCOCC1. The summed E-state index contributed by atoms with van der Waals surface area (Å²) in [5.41, 5.74) is 1.67. The number of nitrogens with one attached hydrogen (secondary N) is 1. The van der Waals surface area contributed by atoms with Crippen molar-refractivity contribution >= 4 is 5.69 Å². The van der Waals surface area contributed by atoms with E-state index in [4.69, 9.17) is 4.74 Å². The van der Waals surface area contributed by atoms with E-state index in [1.54, 1.807) is 12.1 Å². The van der Waals surface area contributed by atoms with Crippen molar-refractivity contribution in [3.63, 3.8) is 0 Å². The minimum absolute atomic E-state index is 0.0730. The van der Waals surface area contributed by atoms with Gasteiger partial charge in [0.1, 0.15) is 17.7 Å². The third-order valence-corrected chi connectivity index (χ3v) is 4.31. The number of anilines is 1. The van der Waals surface area contributed by atoms with Gasteiger partial charge in [0.15, 0.2) is 0 Å². The number of nitrogens with zero attached hydrogens (tertiary/aromatic N) is 2. The first-order valence-electron chi connectivity index (χ1n) is 8.18. The van der Waals surface area contributed by atoms with E-state index < -0.39 is 5.82 Å². The highest BCUT2D eigenvalue weighted by atomic mass is 19.1. The van der Waals surface area contributed by atoms with Crippen LogP contribution in [-0.4, -0.2) is 37.7 Å². The highest BCUT2D eigenvalue weighted by Gasteiger charge is 2.23. The molecule has 0 aliphatic carbocycles. The van der Waals surface area contributed by atoms with Gasteiger partial charge in [0.25, 0.3) is 0 Å². The summed E-state index contributed by atoms with van der Waals surface area (Å²) in [4.78, 5) is 2.22. The zero-order valence-electron chi connectivity index (χ0n) is 13.7. The Bertz CT molecular complexity index is 770. The lowest BCUT2D eigenvalue weighted by atomic mass is 10.0. The molecule has 25 heavy (non-hydrogen) atoms. The highest BCUT2D eigenvalue weighted by Crippen LogP contribution is 2.24. The summed E-state index contributed by atoms with van der Waals surface area (Å²) >= 11 is 0. The monoisotopic (exact) mass is 343 g/mol. The smallest absolute Gasteiger partial charge is 0.124 e. The number of ether oxygens (including phenoxy) is 1. The summed E-state index contributed by atoms with van der Waals surface area (Å²) in [5, 5.41) is 12.4. The Labute approximate surface area is 145 Å². The number of benzene rings is 2. The molecule has 4 nitrogen and oxygen atoms in total. The molecular formula is C19H19F2N3O. The van der Waals surface area contributed by atoms with E-state index in [0.29, 0.717) is 25.4 Å². The van der Waals surface area contributed by atoms with E-state index in [0.717, 1.165) is 18.7 Å². The lowest BCUT2D eigenvalue weighted by molar-refractivity contribution is 0.0186. The molecule has 2 aromatic rings. The van der Waals surface area contributed by atoms with Crippen LogP contribution in [0.25, 0.3) is 0 Å². The Kier molecular flexibility index (Phi) is 5.59. The molecule has 1 unspecified atom stereocenters. The van der Waals surface area contributed by atoms with Gasteiger partial charge < -0.3 is 10.1 Å². The lowest BCUT2D eigenvalue weighted by Gasteiger charge is -2.35. The third kappa shape index (κ3) is 4.32. The number of morpholine rings is 1. The van der Waals surface area contributed by atoms with Gasteiger partial charge in [-0.2, -0.15) is 5.26 Å². The Hall–Kier alpha value is -2.49. The first kappa shape index (κ1) is 17.3. The second-order valence-corrected chi connectivity index (χ2v) is 5.90. The van der Waals surface area contributed by atoms with Crippen LogP contribution in [0.15, 0.2) is 42.5 Å². The summed E-state index contributed by atoms with van der Waals surface area (Å²) < 4.78 is 32.4. The molecule has 3 rings (SSSR count). The van der Waals surface area contributed by atoms with Crippen molar-refractivity contribution < 1.29 is 13.5 Å². The minimum atomic E-state index is -0.447. The van der Waals surface area contributed by atoms with Crippen LogP contribution < -0.4 is 5.32 Å². The maximum atomic E-state index is 13.7. The van der Waals surface area contributed by atoms with Crippen molar-refractivity contribution in [2.24, 2.45) is 0 Å². The second-order valence-electron chi connectivity index (χ2n) is 5.90. The van der Waals surface area contributed by atoms with Gasteiger partial charge >= 0.3 is 0 Å². The normalized spacial score (nSPS) is 16.2. The predicted molar refractivity (Wildman–Crippen MR) is 91.1 cm³/mol. The molecular weight excluding hydrogens is 324 g/mol. The average molecular weight is 343 g/mol. The topological polar surface area (TPSA) is 48.3 Å². The van der Waals surface area contributed by atoms with E-state index in [1.807, 2.05) is 12.1 Å². The number of nitriles is 1. The van der Waals surface area contributed by atoms with Crippen molar-refractivity contribution in [3.05, 3.63) is 65.2 Å². The standard InChI is InChI=1S/C19H19F2N3O/c20-16-3-1-2-14(10-16)19(24-6-8-25-9-7-24)13-23-18-5-4-17(21)11-15(18)12-22/h1-5,10-11,19,23H,6-9,13H2. The maximum Gasteiger partial charge on any atom is 0.124 e. The molecule has 1 saturated heterocycles. The average Bonchev–Trinajstić information content (AvgIpc) is 2.64. The van der Waals surface area contributed by atoms with Gasteiger partial charge in [-0.05, 0) is 35.9 Å². The van der Waals surface area contributed by atoms with Gasteiger partial charge in [-0.1, -0.05) is 12.1 Å². The van der Waals surface area contributed by atoms with E-state index in [9.17, 15) is 14.0 Å². The molecule has 130 valence electrons. The Morgan fingerprint density at radius 2 is 1.88 bits per heavy atom. The van der Waals surface area contributed by atoms with Crippen LogP contribution in [0, 0.1) is 23.0 Å². The number of halogens is 2. The van der Waals surface area contributed by atoms with E-state index >= 15 is 0 Å². The molecule has 1 aliphatic heterocycles. The van der Waals surface area contributed by atoms with Crippen LogP contribution in [-0.2, 0) is 4.74 Å².